The third-order valence-electron chi connectivity index (χ3n) is 5.06. The Kier molecular flexibility index (Phi) is 5.73. The van der Waals surface area contributed by atoms with E-state index in [9.17, 15) is 18.8 Å². The zero-order chi connectivity index (χ0) is 20.3. The van der Waals surface area contributed by atoms with Crippen LogP contribution in [0, 0.1) is 17.7 Å². The fourth-order valence-electron chi connectivity index (χ4n) is 3.17. The van der Waals surface area contributed by atoms with Crippen molar-refractivity contribution in [1.29, 1.82) is 0 Å². The predicted molar refractivity (Wildman–Crippen MR) is 101 cm³/mol. The van der Waals surface area contributed by atoms with Crippen LogP contribution in [0.4, 0.5) is 10.1 Å². The van der Waals surface area contributed by atoms with E-state index in [1.165, 1.54) is 24.3 Å². The SMILES string of the molecule is CC(NC(=O)C1CCC1C(=O)O)c1ccc(NC(=O)c2ccc(F)cc2)cc1. The summed E-state index contributed by atoms with van der Waals surface area (Å²) >= 11 is 0. The number of nitrogens with one attached hydrogen (secondary N) is 2. The second-order valence-corrected chi connectivity index (χ2v) is 6.94. The smallest absolute Gasteiger partial charge is 0.307 e. The molecule has 3 N–H and O–H groups in total. The number of hydrogen-bond donors (Lipinski definition) is 3. The van der Waals surface area contributed by atoms with Gasteiger partial charge in [0, 0.05) is 11.3 Å². The lowest BCUT2D eigenvalue weighted by Crippen LogP contribution is -2.44. The number of carboxylic acids is 1. The summed E-state index contributed by atoms with van der Waals surface area (Å²) in [5.74, 6) is -3.02. The van der Waals surface area contributed by atoms with Crippen molar-refractivity contribution in [2.45, 2.75) is 25.8 Å². The molecule has 1 aliphatic carbocycles. The average molecular weight is 384 g/mol. The summed E-state index contributed by atoms with van der Waals surface area (Å²) in [7, 11) is 0. The van der Waals surface area contributed by atoms with Gasteiger partial charge in [-0.15, -0.1) is 0 Å². The molecule has 3 unspecified atom stereocenters. The van der Waals surface area contributed by atoms with Gasteiger partial charge in [-0.3, -0.25) is 14.4 Å². The van der Waals surface area contributed by atoms with Crippen molar-refractivity contribution in [2.24, 2.45) is 11.8 Å². The molecular formula is C21H21FN2O4. The van der Waals surface area contributed by atoms with Crippen molar-refractivity contribution in [3.8, 4) is 0 Å². The maximum atomic E-state index is 12.9. The molecule has 146 valence electrons. The Bertz CT molecular complexity index is 880. The summed E-state index contributed by atoms with van der Waals surface area (Å²) < 4.78 is 12.9. The van der Waals surface area contributed by atoms with Crippen LogP contribution in [-0.4, -0.2) is 22.9 Å². The minimum Gasteiger partial charge on any atom is -0.481 e. The van der Waals surface area contributed by atoms with Gasteiger partial charge in [0.25, 0.3) is 5.91 Å². The van der Waals surface area contributed by atoms with Gasteiger partial charge in [-0.05, 0) is 61.7 Å². The van der Waals surface area contributed by atoms with Crippen LogP contribution in [0.15, 0.2) is 48.5 Å². The lowest BCUT2D eigenvalue weighted by atomic mass is 9.73. The summed E-state index contributed by atoms with van der Waals surface area (Å²) in [5.41, 5.74) is 1.75. The fourth-order valence-corrected chi connectivity index (χ4v) is 3.17. The minimum absolute atomic E-state index is 0.250. The Morgan fingerprint density at radius 3 is 2.14 bits per heavy atom. The van der Waals surface area contributed by atoms with Crippen LogP contribution in [0.1, 0.15) is 41.7 Å². The molecule has 0 radical (unpaired) electrons. The van der Waals surface area contributed by atoms with Gasteiger partial charge >= 0.3 is 5.97 Å². The van der Waals surface area contributed by atoms with E-state index in [1.807, 2.05) is 6.92 Å². The van der Waals surface area contributed by atoms with Gasteiger partial charge in [-0.1, -0.05) is 12.1 Å². The van der Waals surface area contributed by atoms with Crippen LogP contribution < -0.4 is 10.6 Å². The van der Waals surface area contributed by atoms with Crippen molar-refractivity contribution >= 4 is 23.5 Å². The van der Waals surface area contributed by atoms with E-state index in [4.69, 9.17) is 5.11 Å². The molecule has 6 nitrogen and oxygen atoms in total. The molecule has 2 aromatic carbocycles. The standard InChI is InChI=1S/C21H21FN2O4/c1-12(23-20(26)17-10-11-18(17)21(27)28)13-4-8-16(9-5-13)24-19(25)14-2-6-15(22)7-3-14/h2-9,12,17-18H,10-11H2,1H3,(H,23,26)(H,24,25)(H,27,28). The lowest BCUT2D eigenvalue weighted by Gasteiger charge is -2.33. The largest absolute Gasteiger partial charge is 0.481 e. The van der Waals surface area contributed by atoms with Crippen molar-refractivity contribution < 1.29 is 23.9 Å². The van der Waals surface area contributed by atoms with E-state index in [1.54, 1.807) is 24.3 Å². The second kappa shape index (κ2) is 8.21. The number of amides is 2. The lowest BCUT2D eigenvalue weighted by molar-refractivity contribution is -0.152. The molecule has 0 aromatic heterocycles. The molecular weight excluding hydrogens is 363 g/mol. The summed E-state index contributed by atoms with van der Waals surface area (Å²) in [6, 6.07) is 11.9. The first kappa shape index (κ1) is 19.5. The van der Waals surface area contributed by atoms with E-state index >= 15 is 0 Å². The van der Waals surface area contributed by atoms with Gasteiger partial charge < -0.3 is 15.7 Å². The Balaban J connectivity index is 1.57. The van der Waals surface area contributed by atoms with E-state index in [0.29, 0.717) is 24.1 Å². The van der Waals surface area contributed by atoms with Crippen molar-refractivity contribution in [3.63, 3.8) is 0 Å². The summed E-state index contributed by atoms with van der Waals surface area (Å²) in [4.78, 5) is 35.5. The van der Waals surface area contributed by atoms with Gasteiger partial charge in [0.05, 0.1) is 17.9 Å². The fraction of sp³-hybridized carbons (Fsp3) is 0.286. The first-order chi connectivity index (χ1) is 13.3. The predicted octanol–water partition coefficient (Wildman–Crippen LogP) is 3.37. The molecule has 28 heavy (non-hydrogen) atoms. The summed E-state index contributed by atoms with van der Waals surface area (Å²) in [6.45, 7) is 1.82. The molecule has 0 saturated heterocycles. The monoisotopic (exact) mass is 384 g/mol. The molecule has 0 spiro atoms. The topological polar surface area (TPSA) is 95.5 Å². The maximum absolute atomic E-state index is 12.9. The number of carbonyl (C=O) groups is 3. The highest BCUT2D eigenvalue weighted by atomic mass is 19.1. The van der Waals surface area contributed by atoms with Crippen LogP contribution in [-0.2, 0) is 9.59 Å². The molecule has 1 aliphatic rings. The average Bonchev–Trinajstić information content (AvgIpc) is 2.61. The van der Waals surface area contributed by atoms with Gasteiger partial charge in [0.1, 0.15) is 5.82 Å². The van der Waals surface area contributed by atoms with Crippen molar-refractivity contribution in [3.05, 3.63) is 65.5 Å². The minimum atomic E-state index is -0.930. The van der Waals surface area contributed by atoms with Crippen LogP contribution in [0.3, 0.4) is 0 Å². The highest BCUT2D eigenvalue weighted by Gasteiger charge is 2.41. The van der Waals surface area contributed by atoms with Crippen molar-refractivity contribution in [1.82, 2.24) is 5.32 Å². The van der Waals surface area contributed by atoms with Crippen LogP contribution in [0.2, 0.25) is 0 Å². The van der Waals surface area contributed by atoms with Gasteiger partial charge in [-0.25, -0.2) is 4.39 Å². The molecule has 3 atom stereocenters. The Hall–Kier alpha value is -3.22. The number of carbonyl (C=O) groups excluding carboxylic acids is 2. The first-order valence-electron chi connectivity index (χ1n) is 9.05. The van der Waals surface area contributed by atoms with Crippen LogP contribution in [0.5, 0.6) is 0 Å². The molecule has 0 bridgehead atoms. The molecule has 1 saturated carbocycles. The zero-order valence-electron chi connectivity index (χ0n) is 15.3. The Morgan fingerprint density at radius 2 is 1.61 bits per heavy atom. The normalized spacial score (nSPS) is 19.2. The van der Waals surface area contributed by atoms with Gasteiger partial charge in [0.2, 0.25) is 5.91 Å². The van der Waals surface area contributed by atoms with E-state index in [2.05, 4.69) is 10.6 Å². The second-order valence-electron chi connectivity index (χ2n) is 6.94. The summed E-state index contributed by atoms with van der Waals surface area (Å²) in [6.07, 6.45) is 1.12. The van der Waals surface area contributed by atoms with Gasteiger partial charge in [0.15, 0.2) is 0 Å². The number of aliphatic carboxylic acids is 1. The highest BCUT2D eigenvalue weighted by Crippen LogP contribution is 2.35. The van der Waals surface area contributed by atoms with E-state index in [0.717, 1.165) is 5.56 Å². The van der Waals surface area contributed by atoms with Gasteiger partial charge in [-0.2, -0.15) is 0 Å². The molecule has 2 aromatic rings. The molecule has 0 aliphatic heterocycles. The first-order valence-corrected chi connectivity index (χ1v) is 9.05. The number of hydrogen-bond acceptors (Lipinski definition) is 3. The molecule has 1 fully saturated rings. The third kappa shape index (κ3) is 4.36. The quantitative estimate of drug-likeness (QED) is 0.712. The number of carboxylic acid groups (broad SMARTS) is 1. The highest BCUT2D eigenvalue weighted by molar-refractivity contribution is 6.04. The number of halogens is 1. The Morgan fingerprint density at radius 1 is 1.00 bits per heavy atom. The third-order valence-corrected chi connectivity index (χ3v) is 5.06. The number of anilines is 1. The van der Waals surface area contributed by atoms with E-state index in [-0.39, 0.29) is 17.9 Å². The number of rotatable bonds is 6. The maximum Gasteiger partial charge on any atom is 0.307 e. The van der Waals surface area contributed by atoms with E-state index < -0.39 is 23.6 Å². The summed E-state index contributed by atoms with van der Waals surface area (Å²) in [5, 5.41) is 14.6. The Labute approximate surface area is 161 Å². The molecule has 7 heteroatoms. The van der Waals surface area contributed by atoms with Crippen LogP contribution >= 0.6 is 0 Å². The molecule has 3 rings (SSSR count). The van der Waals surface area contributed by atoms with Crippen molar-refractivity contribution in [2.75, 3.05) is 5.32 Å². The van der Waals surface area contributed by atoms with Crippen LogP contribution in [0.25, 0.3) is 0 Å². The number of benzene rings is 2. The zero-order valence-corrected chi connectivity index (χ0v) is 15.3. The molecule has 2 amide bonds. The molecule has 0 heterocycles.